The van der Waals surface area contributed by atoms with Crippen LogP contribution in [-0.2, 0) is 13.0 Å². The zero-order valence-electron chi connectivity index (χ0n) is 17.6. The van der Waals surface area contributed by atoms with Gasteiger partial charge in [-0.15, -0.1) is 11.3 Å². The number of hydrogen-bond donors (Lipinski definition) is 2. The van der Waals surface area contributed by atoms with Crippen molar-refractivity contribution in [3.8, 4) is 22.0 Å². The van der Waals surface area contributed by atoms with Crippen molar-refractivity contribution in [2.45, 2.75) is 19.9 Å². The molecule has 6 nitrogen and oxygen atoms in total. The zero-order valence-corrected chi connectivity index (χ0v) is 18.4. The summed E-state index contributed by atoms with van der Waals surface area (Å²) in [6.45, 7) is 3.36. The second-order valence-electron chi connectivity index (χ2n) is 7.12. The molecule has 0 fully saturated rings. The summed E-state index contributed by atoms with van der Waals surface area (Å²) in [5.74, 6) is 1.34. The molecule has 0 aliphatic carbocycles. The Morgan fingerprint density at radius 3 is 2.55 bits per heavy atom. The summed E-state index contributed by atoms with van der Waals surface area (Å²) in [6.07, 6.45) is 2.50. The number of oxazole rings is 1. The van der Waals surface area contributed by atoms with Gasteiger partial charge in [0.15, 0.2) is 5.96 Å². The van der Waals surface area contributed by atoms with Crippen LogP contribution in [0.2, 0.25) is 0 Å². The summed E-state index contributed by atoms with van der Waals surface area (Å²) in [5, 5.41) is 9.77. The predicted octanol–water partition coefficient (Wildman–Crippen LogP) is 4.68. The van der Waals surface area contributed by atoms with Crippen molar-refractivity contribution in [1.82, 2.24) is 20.6 Å². The van der Waals surface area contributed by atoms with Crippen LogP contribution in [0, 0.1) is 6.92 Å². The molecule has 2 aromatic carbocycles. The van der Waals surface area contributed by atoms with Crippen LogP contribution in [0.4, 0.5) is 0 Å². The van der Waals surface area contributed by atoms with E-state index in [1.807, 2.05) is 30.3 Å². The Morgan fingerprint density at radius 2 is 1.77 bits per heavy atom. The molecular formula is C24H25N5OS. The molecule has 2 aromatic heterocycles. The van der Waals surface area contributed by atoms with Crippen molar-refractivity contribution in [2.75, 3.05) is 13.6 Å². The van der Waals surface area contributed by atoms with E-state index in [-0.39, 0.29) is 0 Å². The van der Waals surface area contributed by atoms with Gasteiger partial charge in [-0.25, -0.2) is 9.97 Å². The largest absolute Gasteiger partial charge is 0.444 e. The summed E-state index contributed by atoms with van der Waals surface area (Å²) in [4.78, 5) is 13.6. The zero-order chi connectivity index (χ0) is 21.5. The summed E-state index contributed by atoms with van der Waals surface area (Å²) >= 11 is 1.68. The van der Waals surface area contributed by atoms with Crippen LogP contribution in [0.25, 0.3) is 22.0 Å². The van der Waals surface area contributed by atoms with E-state index in [9.17, 15) is 0 Å². The van der Waals surface area contributed by atoms with E-state index in [1.54, 1.807) is 24.6 Å². The molecule has 0 saturated heterocycles. The number of nitrogens with one attached hydrogen (secondary N) is 2. The highest BCUT2D eigenvalue weighted by Crippen LogP contribution is 2.24. The van der Waals surface area contributed by atoms with Crippen LogP contribution in [0.1, 0.15) is 17.0 Å². The Kier molecular flexibility index (Phi) is 6.74. The number of rotatable bonds is 7. The Balaban J connectivity index is 1.25. The van der Waals surface area contributed by atoms with Gasteiger partial charge in [0.25, 0.3) is 0 Å². The molecule has 2 heterocycles. The molecule has 0 aliphatic heterocycles. The van der Waals surface area contributed by atoms with Gasteiger partial charge in [-0.05, 0) is 19.1 Å². The van der Waals surface area contributed by atoms with Crippen molar-refractivity contribution < 1.29 is 4.42 Å². The van der Waals surface area contributed by atoms with Crippen LogP contribution >= 0.6 is 11.3 Å². The third-order valence-electron chi connectivity index (χ3n) is 4.76. The lowest BCUT2D eigenvalue weighted by atomic mass is 10.2. The monoisotopic (exact) mass is 431 g/mol. The minimum atomic E-state index is 0.532. The first-order valence-corrected chi connectivity index (χ1v) is 11.0. The van der Waals surface area contributed by atoms with E-state index in [1.165, 1.54) is 5.56 Å². The van der Waals surface area contributed by atoms with Gasteiger partial charge in [0.1, 0.15) is 11.3 Å². The second kappa shape index (κ2) is 10.0. The quantitative estimate of drug-likeness (QED) is 0.328. The van der Waals surface area contributed by atoms with E-state index < -0.39 is 0 Å². The Labute approximate surface area is 186 Å². The maximum atomic E-state index is 5.58. The first kappa shape index (κ1) is 20.8. The molecule has 0 saturated carbocycles. The average molecular weight is 432 g/mol. The smallest absolute Gasteiger partial charge is 0.226 e. The summed E-state index contributed by atoms with van der Waals surface area (Å²) in [7, 11) is 1.76. The Bertz CT molecular complexity index is 1130. The number of thiazole rings is 1. The van der Waals surface area contributed by atoms with Crippen molar-refractivity contribution in [3.63, 3.8) is 0 Å². The molecule has 0 unspecified atom stereocenters. The fraction of sp³-hybridized carbons (Fsp3) is 0.208. The number of aromatic nitrogens is 2. The first-order valence-electron chi connectivity index (χ1n) is 10.2. The first-order chi connectivity index (χ1) is 15.2. The van der Waals surface area contributed by atoms with Crippen molar-refractivity contribution in [1.29, 1.82) is 0 Å². The highest BCUT2D eigenvalue weighted by molar-refractivity contribution is 7.13. The minimum Gasteiger partial charge on any atom is -0.444 e. The number of aryl methyl sites for hydroxylation is 1. The molecule has 0 radical (unpaired) electrons. The minimum absolute atomic E-state index is 0.532. The number of hydrogen-bond acceptors (Lipinski definition) is 5. The fourth-order valence-electron chi connectivity index (χ4n) is 3.06. The molecule has 0 atom stereocenters. The highest BCUT2D eigenvalue weighted by Gasteiger charge is 2.08. The van der Waals surface area contributed by atoms with Crippen molar-refractivity contribution >= 4 is 17.3 Å². The third-order valence-corrected chi connectivity index (χ3v) is 5.70. The standard InChI is InChI=1S/C24H25N5OS/c1-17-8-10-19(11-9-17)23-29-20(16-31-23)12-13-26-24(25-2)27-14-21-15-30-22(28-21)18-6-4-3-5-7-18/h3-11,15-16H,12-14H2,1-2H3,(H2,25,26,27). The number of aliphatic imine (C=N–C) groups is 1. The topological polar surface area (TPSA) is 75.3 Å². The number of benzene rings is 2. The summed E-state index contributed by atoms with van der Waals surface area (Å²) < 4.78 is 5.58. The van der Waals surface area contributed by atoms with Gasteiger partial charge in [-0.1, -0.05) is 48.0 Å². The third kappa shape index (κ3) is 5.58. The molecule has 158 valence electrons. The van der Waals surface area contributed by atoms with Crippen LogP contribution < -0.4 is 10.6 Å². The highest BCUT2D eigenvalue weighted by atomic mass is 32.1. The molecule has 4 aromatic rings. The molecule has 31 heavy (non-hydrogen) atoms. The van der Waals surface area contributed by atoms with Gasteiger partial charge in [-0.2, -0.15) is 0 Å². The molecule has 2 N–H and O–H groups in total. The average Bonchev–Trinajstić information content (AvgIpc) is 3.47. The van der Waals surface area contributed by atoms with E-state index in [2.05, 4.69) is 57.2 Å². The van der Waals surface area contributed by atoms with Gasteiger partial charge in [-0.3, -0.25) is 4.99 Å². The second-order valence-corrected chi connectivity index (χ2v) is 7.98. The lowest BCUT2D eigenvalue weighted by molar-refractivity contribution is 0.572. The number of nitrogens with zero attached hydrogens (tertiary/aromatic N) is 3. The molecule has 0 bridgehead atoms. The lowest BCUT2D eigenvalue weighted by Gasteiger charge is -2.10. The van der Waals surface area contributed by atoms with Crippen molar-refractivity contribution in [3.05, 3.63) is 83.2 Å². The van der Waals surface area contributed by atoms with E-state index in [0.717, 1.165) is 46.4 Å². The van der Waals surface area contributed by atoms with E-state index in [0.29, 0.717) is 12.4 Å². The molecule has 0 spiro atoms. The maximum Gasteiger partial charge on any atom is 0.226 e. The molecule has 0 aliphatic rings. The van der Waals surface area contributed by atoms with Crippen LogP contribution in [-0.4, -0.2) is 29.5 Å². The van der Waals surface area contributed by atoms with Gasteiger partial charge in [0, 0.05) is 36.5 Å². The predicted molar refractivity (Wildman–Crippen MR) is 126 cm³/mol. The van der Waals surface area contributed by atoms with Gasteiger partial charge >= 0.3 is 0 Å². The van der Waals surface area contributed by atoms with Gasteiger partial charge in [0.2, 0.25) is 5.89 Å². The normalized spacial score (nSPS) is 11.5. The Hall–Kier alpha value is -3.45. The summed E-state index contributed by atoms with van der Waals surface area (Å²) in [5.41, 5.74) is 5.28. The van der Waals surface area contributed by atoms with Crippen LogP contribution in [0.15, 0.2) is 75.7 Å². The SMILES string of the molecule is CN=C(NCCc1csc(-c2ccc(C)cc2)n1)NCc1coc(-c2ccccc2)n1. The lowest BCUT2D eigenvalue weighted by Crippen LogP contribution is -2.37. The van der Waals surface area contributed by atoms with E-state index >= 15 is 0 Å². The van der Waals surface area contributed by atoms with E-state index in [4.69, 9.17) is 9.40 Å². The van der Waals surface area contributed by atoms with Gasteiger partial charge in [0.05, 0.1) is 17.9 Å². The van der Waals surface area contributed by atoms with Gasteiger partial charge < -0.3 is 15.1 Å². The molecule has 0 amide bonds. The summed E-state index contributed by atoms with van der Waals surface area (Å²) in [6, 6.07) is 18.3. The van der Waals surface area contributed by atoms with Crippen LogP contribution in [0.5, 0.6) is 0 Å². The molecule has 4 rings (SSSR count). The maximum absolute atomic E-state index is 5.58. The number of guanidine groups is 1. The molecule has 7 heteroatoms. The van der Waals surface area contributed by atoms with Crippen molar-refractivity contribution in [2.24, 2.45) is 4.99 Å². The fourth-order valence-corrected chi connectivity index (χ4v) is 3.92. The molecular weight excluding hydrogens is 406 g/mol. The van der Waals surface area contributed by atoms with Crippen LogP contribution in [0.3, 0.4) is 0 Å². The Morgan fingerprint density at radius 1 is 0.968 bits per heavy atom.